The normalized spacial score (nSPS) is 14.0. The summed E-state index contributed by atoms with van der Waals surface area (Å²) in [6.07, 6.45) is 2.12. The van der Waals surface area contributed by atoms with Crippen molar-refractivity contribution in [2.45, 2.75) is 35.2 Å². The van der Waals surface area contributed by atoms with Crippen molar-refractivity contribution >= 4 is 11.8 Å². The molecule has 0 saturated heterocycles. The van der Waals surface area contributed by atoms with Crippen LogP contribution in [0.5, 0.6) is 0 Å². The Labute approximate surface area is 178 Å². The third kappa shape index (κ3) is 4.13. The lowest BCUT2D eigenvalue weighted by atomic mass is 10.3. The monoisotopic (exact) mass is 441 g/mol. The van der Waals surface area contributed by atoms with Crippen LogP contribution in [0.4, 0.5) is 13.2 Å². The number of aromatic nitrogens is 7. The lowest BCUT2D eigenvalue weighted by molar-refractivity contribution is -0.141. The van der Waals surface area contributed by atoms with Crippen LogP contribution in [0.25, 0.3) is 22.9 Å². The van der Waals surface area contributed by atoms with Gasteiger partial charge in [0, 0.05) is 36.3 Å². The van der Waals surface area contributed by atoms with E-state index < -0.39 is 11.9 Å². The summed E-state index contributed by atoms with van der Waals surface area (Å²) in [6, 6.07) is 9.70. The second kappa shape index (κ2) is 7.73. The van der Waals surface area contributed by atoms with Crippen LogP contribution in [0.3, 0.4) is 0 Å². The number of alkyl halides is 3. The molecule has 0 atom stereocenters. The number of pyridine rings is 2. The average Bonchev–Trinajstić information content (AvgIpc) is 3.54. The van der Waals surface area contributed by atoms with Gasteiger partial charge in [0.1, 0.15) is 16.4 Å². The van der Waals surface area contributed by atoms with E-state index in [9.17, 15) is 13.2 Å². The van der Waals surface area contributed by atoms with Gasteiger partial charge in [0.25, 0.3) is 0 Å². The highest BCUT2D eigenvalue weighted by Gasteiger charge is 2.35. The van der Waals surface area contributed by atoms with Crippen molar-refractivity contribution in [2.24, 2.45) is 0 Å². The number of halogens is 3. The minimum atomic E-state index is -4.62. The fourth-order valence-corrected chi connectivity index (χ4v) is 3.93. The van der Waals surface area contributed by atoms with Crippen LogP contribution in [0.1, 0.15) is 24.6 Å². The SMILES string of the molecule is FC(F)(F)c1cc(Sc2nnc(-c3cccnc3)n2C2CC2)nc(-c2ccccn2)n1. The van der Waals surface area contributed by atoms with E-state index in [0.717, 1.165) is 36.2 Å². The Morgan fingerprint density at radius 3 is 2.55 bits per heavy atom. The van der Waals surface area contributed by atoms with Gasteiger partial charge in [-0.05, 0) is 48.9 Å². The predicted molar refractivity (Wildman–Crippen MR) is 106 cm³/mol. The minimum absolute atomic E-state index is 0.0945. The predicted octanol–water partition coefficient (Wildman–Crippen LogP) is 4.70. The minimum Gasteiger partial charge on any atom is -0.299 e. The van der Waals surface area contributed by atoms with E-state index in [1.807, 2.05) is 10.6 Å². The quantitative estimate of drug-likeness (QED) is 0.415. The van der Waals surface area contributed by atoms with Gasteiger partial charge in [-0.25, -0.2) is 9.97 Å². The van der Waals surface area contributed by atoms with Crippen LogP contribution in [-0.4, -0.2) is 34.7 Å². The highest BCUT2D eigenvalue weighted by Crippen LogP contribution is 2.42. The first-order valence-electron chi connectivity index (χ1n) is 9.40. The second-order valence-corrected chi connectivity index (χ2v) is 7.87. The number of hydrogen-bond donors (Lipinski definition) is 0. The zero-order valence-corrected chi connectivity index (χ0v) is 16.7. The first-order chi connectivity index (χ1) is 15.0. The first-order valence-corrected chi connectivity index (χ1v) is 10.2. The zero-order chi connectivity index (χ0) is 21.4. The highest BCUT2D eigenvalue weighted by atomic mass is 32.2. The molecule has 1 saturated carbocycles. The van der Waals surface area contributed by atoms with Gasteiger partial charge in [-0.1, -0.05) is 6.07 Å². The van der Waals surface area contributed by atoms with Gasteiger partial charge < -0.3 is 0 Å². The van der Waals surface area contributed by atoms with Crippen LogP contribution in [-0.2, 0) is 6.18 Å². The summed E-state index contributed by atoms with van der Waals surface area (Å²) in [5.41, 5.74) is 0.0207. The summed E-state index contributed by atoms with van der Waals surface area (Å²) in [5, 5.41) is 9.10. The molecule has 1 aliphatic rings. The van der Waals surface area contributed by atoms with E-state index in [-0.39, 0.29) is 22.6 Å². The molecule has 11 heteroatoms. The Balaban J connectivity index is 1.57. The molecular formula is C20H14F3N7S. The van der Waals surface area contributed by atoms with E-state index >= 15 is 0 Å². The first kappa shape index (κ1) is 19.6. The molecule has 4 aromatic rings. The zero-order valence-electron chi connectivity index (χ0n) is 15.9. The highest BCUT2D eigenvalue weighted by molar-refractivity contribution is 7.99. The molecule has 0 aliphatic heterocycles. The van der Waals surface area contributed by atoms with E-state index in [1.165, 1.54) is 6.20 Å². The molecule has 0 radical (unpaired) electrons. The maximum absolute atomic E-state index is 13.5. The second-order valence-electron chi connectivity index (χ2n) is 6.88. The average molecular weight is 441 g/mol. The molecule has 31 heavy (non-hydrogen) atoms. The van der Waals surface area contributed by atoms with Gasteiger partial charge in [-0.3, -0.25) is 14.5 Å². The van der Waals surface area contributed by atoms with Crippen molar-refractivity contribution < 1.29 is 13.2 Å². The van der Waals surface area contributed by atoms with Gasteiger partial charge >= 0.3 is 6.18 Å². The van der Waals surface area contributed by atoms with Crippen LogP contribution >= 0.6 is 11.8 Å². The molecular weight excluding hydrogens is 427 g/mol. The van der Waals surface area contributed by atoms with Gasteiger partial charge in [0.05, 0.1) is 0 Å². The Bertz CT molecular complexity index is 1210. The molecule has 4 heterocycles. The molecule has 0 unspecified atom stereocenters. The van der Waals surface area contributed by atoms with Crippen molar-refractivity contribution in [3.63, 3.8) is 0 Å². The number of nitrogens with zero attached hydrogens (tertiary/aromatic N) is 7. The molecule has 0 aromatic carbocycles. The molecule has 0 spiro atoms. The Kier molecular flexibility index (Phi) is 4.89. The maximum Gasteiger partial charge on any atom is 0.433 e. The molecule has 0 bridgehead atoms. The lowest BCUT2D eigenvalue weighted by Gasteiger charge is -2.11. The van der Waals surface area contributed by atoms with Gasteiger partial charge in [-0.2, -0.15) is 13.2 Å². The third-order valence-corrected chi connectivity index (χ3v) is 5.46. The fourth-order valence-electron chi connectivity index (χ4n) is 3.03. The van der Waals surface area contributed by atoms with Crippen LogP contribution in [0.15, 0.2) is 65.2 Å². The van der Waals surface area contributed by atoms with Crippen molar-refractivity contribution in [1.29, 1.82) is 0 Å². The molecule has 7 nitrogen and oxygen atoms in total. The smallest absolute Gasteiger partial charge is 0.299 e. The fraction of sp³-hybridized carbons (Fsp3) is 0.200. The van der Waals surface area contributed by atoms with Crippen LogP contribution in [0.2, 0.25) is 0 Å². The largest absolute Gasteiger partial charge is 0.433 e. The van der Waals surface area contributed by atoms with E-state index in [1.54, 1.807) is 36.7 Å². The molecule has 4 aromatic heterocycles. The van der Waals surface area contributed by atoms with Crippen molar-refractivity contribution in [2.75, 3.05) is 0 Å². The molecule has 5 rings (SSSR count). The van der Waals surface area contributed by atoms with Gasteiger partial charge in [0.15, 0.2) is 16.8 Å². The summed E-state index contributed by atoms with van der Waals surface area (Å²) in [7, 11) is 0. The summed E-state index contributed by atoms with van der Waals surface area (Å²) < 4.78 is 42.4. The number of rotatable bonds is 5. The third-order valence-electron chi connectivity index (χ3n) is 4.58. The van der Waals surface area contributed by atoms with E-state index in [4.69, 9.17) is 0 Å². The summed E-state index contributed by atoms with van der Waals surface area (Å²) in [6.45, 7) is 0. The van der Waals surface area contributed by atoms with E-state index in [2.05, 4.69) is 30.1 Å². The molecule has 0 N–H and O–H groups in total. The maximum atomic E-state index is 13.5. The molecule has 156 valence electrons. The Morgan fingerprint density at radius 2 is 1.87 bits per heavy atom. The summed E-state index contributed by atoms with van der Waals surface area (Å²) in [5.74, 6) is 0.538. The summed E-state index contributed by atoms with van der Waals surface area (Å²) >= 11 is 1.03. The lowest BCUT2D eigenvalue weighted by Crippen LogP contribution is -2.10. The van der Waals surface area contributed by atoms with Gasteiger partial charge in [-0.15, -0.1) is 10.2 Å². The number of hydrogen-bond acceptors (Lipinski definition) is 7. The Hall–Kier alpha value is -3.34. The van der Waals surface area contributed by atoms with Crippen molar-refractivity contribution in [1.82, 2.24) is 34.7 Å². The van der Waals surface area contributed by atoms with Crippen molar-refractivity contribution in [3.8, 4) is 22.9 Å². The van der Waals surface area contributed by atoms with Crippen LogP contribution in [0, 0.1) is 0 Å². The van der Waals surface area contributed by atoms with Gasteiger partial charge in [0.2, 0.25) is 0 Å². The topological polar surface area (TPSA) is 82.3 Å². The molecule has 1 fully saturated rings. The molecule has 0 amide bonds. The Morgan fingerprint density at radius 1 is 1.00 bits per heavy atom. The standard InChI is InChI=1S/C20H14F3N7S/c21-20(22,23)15-10-16(27-17(26-15)14-5-1-2-9-25-14)31-19-29-28-18(30(19)13-6-7-13)12-4-3-8-24-11-12/h1-5,8-11,13H,6-7H2. The van der Waals surface area contributed by atoms with Crippen molar-refractivity contribution in [3.05, 3.63) is 60.7 Å². The molecule has 1 aliphatic carbocycles. The van der Waals surface area contributed by atoms with Crippen LogP contribution < -0.4 is 0 Å². The van der Waals surface area contributed by atoms with E-state index in [0.29, 0.717) is 11.0 Å². The summed E-state index contributed by atoms with van der Waals surface area (Å²) in [4.78, 5) is 16.2.